The SMILES string of the molecule is CSCCC(N)C(=O)NC(CCCN=C(N)N)C(=O)NC(CO)C(=O)NC(CCSC)C(=O)O. The summed E-state index contributed by atoms with van der Waals surface area (Å²) >= 11 is 2.94. The first kappa shape index (κ1) is 31.8. The number of rotatable bonds is 18. The first-order valence-corrected chi connectivity index (χ1v) is 13.4. The Labute approximate surface area is 207 Å². The van der Waals surface area contributed by atoms with Crippen molar-refractivity contribution >= 4 is 53.2 Å². The van der Waals surface area contributed by atoms with Crippen LogP contribution in [0.25, 0.3) is 0 Å². The van der Waals surface area contributed by atoms with Crippen molar-refractivity contribution in [1.82, 2.24) is 16.0 Å². The number of nitrogens with zero attached hydrogens (tertiary/aromatic N) is 1. The number of carboxylic acids is 1. The zero-order valence-corrected chi connectivity index (χ0v) is 21.1. The summed E-state index contributed by atoms with van der Waals surface area (Å²) in [7, 11) is 0. The monoisotopic (exact) mass is 523 g/mol. The second kappa shape index (κ2) is 18.1. The Morgan fingerprint density at radius 3 is 1.91 bits per heavy atom. The summed E-state index contributed by atoms with van der Waals surface area (Å²) in [5.41, 5.74) is 16.5. The molecule has 0 aromatic rings. The molecule has 0 spiro atoms. The quantitative estimate of drug-likeness (QED) is 0.0527. The van der Waals surface area contributed by atoms with Crippen LogP contribution in [0.4, 0.5) is 0 Å². The van der Waals surface area contributed by atoms with Gasteiger partial charge < -0.3 is 43.4 Å². The Morgan fingerprint density at radius 1 is 0.853 bits per heavy atom. The van der Waals surface area contributed by atoms with Crippen LogP contribution in [-0.2, 0) is 19.2 Å². The van der Waals surface area contributed by atoms with Gasteiger partial charge in [-0.1, -0.05) is 0 Å². The minimum absolute atomic E-state index is 0.115. The predicted molar refractivity (Wildman–Crippen MR) is 134 cm³/mol. The van der Waals surface area contributed by atoms with Gasteiger partial charge in [-0.3, -0.25) is 19.4 Å². The molecule has 0 saturated carbocycles. The summed E-state index contributed by atoms with van der Waals surface area (Å²) < 4.78 is 0. The van der Waals surface area contributed by atoms with Crippen molar-refractivity contribution < 1.29 is 29.4 Å². The van der Waals surface area contributed by atoms with Gasteiger partial charge in [0.1, 0.15) is 18.1 Å². The Balaban J connectivity index is 5.28. The number of nitrogens with two attached hydrogens (primary N) is 3. The van der Waals surface area contributed by atoms with Crippen molar-refractivity contribution in [2.45, 2.75) is 49.9 Å². The number of hydrogen-bond acceptors (Lipinski definition) is 9. The lowest BCUT2D eigenvalue weighted by Crippen LogP contribution is -2.58. The topological polar surface area (TPSA) is 235 Å². The number of hydrogen-bond donors (Lipinski definition) is 8. The fourth-order valence-corrected chi connectivity index (χ4v) is 3.62. The largest absolute Gasteiger partial charge is 0.480 e. The second-order valence-corrected chi connectivity index (χ2v) is 9.29. The summed E-state index contributed by atoms with van der Waals surface area (Å²) in [5, 5.41) is 26.1. The van der Waals surface area contributed by atoms with Crippen LogP contribution >= 0.6 is 23.5 Å². The van der Waals surface area contributed by atoms with E-state index in [0.29, 0.717) is 24.3 Å². The minimum atomic E-state index is -1.41. The molecule has 13 nitrogen and oxygen atoms in total. The van der Waals surface area contributed by atoms with Crippen LogP contribution in [0.1, 0.15) is 25.7 Å². The van der Waals surface area contributed by atoms with Crippen molar-refractivity contribution in [3.05, 3.63) is 0 Å². The molecule has 0 heterocycles. The lowest BCUT2D eigenvalue weighted by atomic mass is 10.1. The van der Waals surface area contributed by atoms with Gasteiger partial charge in [-0.2, -0.15) is 23.5 Å². The van der Waals surface area contributed by atoms with Crippen molar-refractivity contribution in [3.63, 3.8) is 0 Å². The Hall–Kier alpha value is -2.23. The fourth-order valence-electron chi connectivity index (χ4n) is 2.66. The maximum atomic E-state index is 12.8. The molecule has 0 aromatic heterocycles. The molecule has 0 rings (SSSR count). The molecule has 11 N–H and O–H groups in total. The summed E-state index contributed by atoms with van der Waals surface area (Å²) in [6, 6.07) is -4.48. The molecule has 0 bridgehead atoms. The number of carbonyl (C=O) groups is 4. The molecule has 0 saturated heterocycles. The molecule has 0 aliphatic heterocycles. The van der Waals surface area contributed by atoms with E-state index in [1.54, 1.807) is 6.26 Å². The first-order chi connectivity index (χ1) is 16.1. The van der Waals surface area contributed by atoms with E-state index in [2.05, 4.69) is 20.9 Å². The zero-order chi connectivity index (χ0) is 26.1. The van der Waals surface area contributed by atoms with Gasteiger partial charge in [0.05, 0.1) is 12.6 Å². The summed E-state index contributed by atoms with van der Waals surface area (Å²) in [6.07, 6.45) is 4.72. The highest BCUT2D eigenvalue weighted by Gasteiger charge is 2.29. The Kier molecular flexibility index (Phi) is 17.0. The van der Waals surface area contributed by atoms with Gasteiger partial charge in [-0.15, -0.1) is 0 Å². The van der Waals surface area contributed by atoms with Crippen LogP contribution in [0, 0.1) is 0 Å². The van der Waals surface area contributed by atoms with E-state index in [4.69, 9.17) is 17.2 Å². The van der Waals surface area contributed by atoms with E-state index < -0.39 is 54.5 Å². The highest BCUT2D eigenvalue weighted by Crippen LogP contribution is 2.05. The van der Waals surface area contributed by atoms with Crippen LogP contribution in [-0.4, -0.2) is 101 Å². The fraction of sp³-hybridized carbons (Fsp3) is 0.737. The smallest absolute Gasteiger partial charge is 0.326 e. The zero-order valence-electron chi connectivity index (χ0n) is 19.5. The number of carbonyl (C=O) groups excluding carboxylic acids is 3. The molecule has 15 heteroatoms. The molecule has 4 unspecified atom stereocenters. The number of thioether (sulfide) groups is 2. The number of aliphatic hydroxyl groups is 1. The number of carboxylic acid groups (broad SMARTS) is 1. The third-order valence-corrected chi connectivity index (χ3v) is 5.88. The number of nitrogens with one attached hydrogen (secondary N) is 3. The van der Waals surface area contributed by atoms with Gasteiger partial charge >= 0.3 is 5.97 Å². The first-order valence-electron chi connectivity index (χ1n) is 10.6. The highest BCUT2D eigenvalue weighted by molar-refractivity contribution is 7.98. The maximum absolute atomic E-state index is 12.8. The Morgan fingerprint density at radius 2 is 1.38 bits per heavy atom. The summed E-state index contributed by atoms with van der Waals surface area (Å²) in [4.78, 5) is 53.0. The van der Waals surface area contributed by atoms with Gasteiger partial charge in [0.2, 0.25) is 17.7 Å². The van der Waals surface area contributed by atoms with Crippen molar-refractivity contribution in [2.75, 3.05) is 37.2 Å². The average Bonchev–Trinajstić information content (AvgIpc) is 2.79. The molecule has 0 aliphatic rings. The lowest BCUT2D eigenvalue weighted by Gasteiger charge is -2.24. The van der Waals surface area contributed by atoms with Gasteiger partial charge in [0, 0.05) is 6.54 Å². The van der Waals surface area contributed by atoms with Crippen LogP contribution in [0.2, 0.25) is 0 Å². The number of aliphatic hydroxyl groups excluding tert-OH is 1. The molecular formula is C19H37N7O6S2. The van der Waals surface area contributed by atoms with E-state index >= 15 is 0 Å². The summed E-state index contributed by atoms with van der Waals surface area (Å²) in [6.45, 7) is -0.561. The molecule has 3 amide bonds. The van der Waals surface area contributed by atoms with E-state index in [1.165, 1.54) is 23.5 Å². The second-order valence-electron chi connectivity index (χ2n) is 7.32. The number of amides is 3. The predicted octanol–water partition coefficient (Wildman–Crippen LogP) is -2.60. The standard InChI is InChI=1S/C19H37N7O6S2/c1-33-8-5-11(20)15(28)24-12(4-3-7-23-19(21)22)16(29)26-14(10-27)17(30)25-13(18(31)32)6-9-34-2/h11-14,27H,3-10,20H2,1-2H3,(H,24,28)(H,25,30)(H,26,29)(H,31,32)(H4,21,22,23). The molecule has 0 aliphatic carbocycles. The molecule has 196 valence electrons. The molecular weight excluding hydrogens is 486 g/mol. The van der Waals surface area contributed by atoms with Crippen LogP contribution < -0.4 is 33.2 Å². The van der Waals surface area contributed by atoms with Crippen LogP contribution in [0.15, 0.2) is 4.99 Å². The van der Waals surface area contributed by atoms with E-state index in [9.17, 15) is 29.4 Å². The highest BCUT2D eigenvalue weighted by atomic mass is 32.2. The third-order valence-electron chi connectivity index (χ3n) is 4.59. The number of guanidine groups is 1. The van der Waals surface area contributed by atoms with Crippen molar-refractivity contribution in [3.8, 4) is 0 Å². The molecule has 0 fully saturated rings. The normalized spacial score (nSPS) is 14.2. The van der Waals surface area contributed by atoms with Crippen LogP contribution in [0.3, 0.4) is 0 Å². The van der Waals surface area contributed by atoms with Gasteiger partial charge in [-0.25, -0.2) is 4.79 Å². The molecule has 4 atom stereocenters. The third kappa shape index (κ3) is 13.5. The molecule has 0 radical (unpaired) electrons. The van der Waals surface area contributed by atoms with E-state index in [0.717, 1.165) is 0 Å². The van der Waals surface area contributed by atoms with Crippen LogP contribution in [0.5, 0.6) is 0 Å². The minimum Gasteiger partial charge on any atom is -0.480 e. The number of aliphatic imine (C=N–C) groups is 1. The van der Waals surface area contributed by atoms with E-state index in [-0.39, 0.29) is 25.3 Å². The van der Waals surface area contributed by atoms with E-state index in [1.807, 2.05) is 6.26 Å². The average molecular weight is 524 g/mol. The maximum Gasteiger partial charge on any atom is 0.326 e. The Bertz CT molecular complexity index is 694. The van der Waals surface area contributed by atoms with Gasteiger partial charge in [0.25, 0.3) is 0 Å². The number of aliphatic carboxylic acids is 1. The van der Waals surface area contributed by atoms with Gasteiger partial charge in [-0.05, 0) is 49.7 Å². The molecule has 0 aromatic carbocycles. The van der Waals surface area contributed by atoms with Crippen molar-refractivity contribution in [1.29, 1.82) is 0 Å². The molecule has 34 heavy (non-hydrogen) atoms. The van der Waals surface area contributed by atoms with Gasteiger partial charge in [0.15, 0.2) is 5.96 Å². The summed E-state index contributed by atoms with van der Waals surface area (Å²) in [5.74, 6) is -2.32. The lowest BCUT2D eigenvalue weighted by molar-refractivity contribution is -0.142. The van der Waals surface area contributed by atoms with Crippen molar-refractivity contribution in [2.24, 2.45) is 22.2 Å².